The van der Waals surface area contributed by atoms with E-state index in [0.29, 0.717) is 0 Å². The van der Waals surface area contributed by atoms with E-state index in [2.05, 4.69) is 69.6 Å². The first-order valence-electron chi connectivity index (χ1n) is 7.00. The molecule has 0 bridgehead atoms. The monoisotopic (exact) mass is 264 g/mol. The summed E-state index contributed by atoms with van der Waals surface area (Å²) >= 11 is 0. The third-order valence-corrected chi connectivity index (χ3v) is 4.24. The fourth-order valence-electron chi connectivity index (χ4n) is 2.81. The Morgan fingerprint density at radius 1 is 0.900 bits per heavy atom. The van der Waals surface area contributed by atoms with Crippen molar-refractivity contribution in [2.24, 2.45) is 0 Å². The summed E-state index contributed by atoms with van der Waals surface area (Å²) < 4.78 is 2.10. The topological polar surface area (TPSA) is 17.3 Å². The van der Waals surface area contributed by atoms with Gasteiger partial charge in [0.15, 0.2) is 0 Å². The molecule has 20 heavy (non-hydrogen) atoms. The Hall–Kier alpha value is -2.09. The van der Waals surface area contributed by atoms with Gasteiger partial charge in [0.05, 0.1) is 5.69 Å². The normalized spacial score (nSPS) is 11.2. The highest BCUT2D eigenvalue weighted by atomic mass is 15.0. The van der Waals surface area contributed by atoms with E-state index in [1.54, 1.807) is 0 Å². The molecule has 0 aliphatic rings. The van der Waals surface area contributed by atoms with E-state index in [9.17, 15) is 0 Å². The number of nitrogens with zero attached hydrogens (tertiary/aromatic N) is 2. The second kappa shape index (κ2) is 4.48. The third-order valence-electron chi connectivity index (χ3n) is 4.24. The molecule has 2 heterocycles. The van der Waals surface area contributed by atoms with Crippen LogP contribution in [0.4, 0.5) is 0 Å². The minimum absolute atomic E-state index is 1.01. The van der Waals surface area contributed by atoms with Crippen molar-refractivity contribution in [3.63, 3.8) is 0 Å². The Morgan fingerprint density at radius 3 is 2.20 bits per heavy atom. The Labute approximate surface area is 120 Å². The van der Waals surface area contributed by atoms with Crippen molar-refractivity contribution >= 4 is 5.65 Å². The number of benzene rings is 1. The molecule has 0 saturated carbocycles. The van der Waals surface area contributed by atoms with Crippen LogP contribution in [0.2, 0.25) is 0 Å². The molecule has 0 fully saturated rings. The average molecular weight is 264 g/mol. The smallest absolute Gasteiger partial charge is 0.137 e. The second-order valence-corrected chi connectivity index (χ2v) is 5.73. The average Bonchev–Trinajstić information content (AvgIpc) is 2.79. The highest BCUT2D eigenvalue weighted by Gasteiger charge is 2.13. The van der Waals surface area contributed by atoms with Gasteiger partial charge in [-0.05, 0) is 74.6 Å². The van der Waals surface area contributed by atoms with Crippen LogP contribution in [0.5, 0.6) is 0 Å². The van der Waals surface area contributed by atoms with Crippen molar-refractivity contribution in [1.82, 2.24) is 9.38 Å². The van der Waals surface area contributed by atoms with Gasteiger partial charge >= 0.3 is 0 Å². The minimum atomic E-state index is 1.01. The molecular formula is C18H20N2. The standard InChI is InChI=1S/C18H20N2/c1-11-6-7-20-10-16(19-17(20)8-11)18-14(4)12(2)9-13(3)15(18)5/h6-10H,1-5H3. The fraction of sp³-hybridized carbons (Fsp3) is 0.278. The van der Waals surface area contributed by atoms with Crippen LogP contribution in [0, 0.1) is 34.6 Å². The predicted molar refractivity (Wildman–Crippen MR) is 84.3 cm³/mol. The molecule has 0 atom stereocenters. The van der Waals surface area contributed by atoms with Crippen LogP contribution in [-0.2, 0) is 0 Å². The molecule has 2 aromatic heterocycles. The summed E-state index contributed by atoms with van der Waals surface area (Å²) in [6.07, 6.45) is 4.21. The molecule has 1 aromatic carbocycles. The van der Waals surface area contributed by atoms with Crippen LogP contribution >= 0.6 is 0 Å². The zero-order chi connectivity index (χ0) is 14.4. The summed E-state index contributed by atoms with van der Waals surface area (Å²) in [5.41, 5.74) is 9.91. The number of aromatic nitrogens is 2. The number of aryl methyl sites for hydroxylation is 3. The maximum atomic E-state index is 4.81. The third kappa shape index (κ3) is 1.92. The largest absolute Gasteiger partial charge is 0.306 e. The maximum absolute atomic E-state index is 4.81. The van der Waals surface area contributed by atoms with Gasteiger partial charge in [0, 0.05) is 18.0 Å². The highest BCUT2D eigenvalue weighted by molar-refractivity contribution is 5.72. The predicted octanol–water partition coefficient (Wildman–Crippen LogP) is 4.54. The molecular weight excluding hydrogens is 244 g/mol. The molecule has 3 rings (SSSR count). The Morgan fingerprint density at radius 2 is 1.55 bits per heavy atom. The van der Waals surface area contributed by atoms with E-state index in [1.165, 1.54) is 33.4 Å². The van der Waals surface area contributed by atoms with E-state index in [-0.39, 0.29) is 0 Å². The van der Waals surface area contributed by atoms with Gasteiger partial charge in [-0.3, -0.25) is 0 Å². The molecule has 2 heteroatoms. The van der Waals surface area contributed by atoms with Gasteiger partial charge in [-0.1, -0.05) is 6.07 Å². The Balaban J connectivity index is 2.30. The van der Waals surface area contributed by atoms with Crippen LogP contribution in [-0.4, -0.2) is 9.38 Å². The van der Waals surface area contributed by atoms with Crippen molar-refractivity contribution in [2.75, 3.05) is 0 Å². The molecule has 2 nitrogen and oxygen atoms in total. The Bertz CT molecular complexity index is 784. The number of fused-ring (bicyclic) bond motifs is 1. The lowest BCUT2D eigenvalue weighted by molar-refractivity contribution is 1.17. The van der Waals surface area contributed by atoms with E-state index in [4.69, 9.17) is 4.98 Å². The van der Waals surface area contributed by atoms with Gasteiger partial charge in [0.1, 0.15) is 5.65 Å². The van der Waals surface area contributed by atoms with Crippen LogP contribution < -0.4 is 0 Å². The SMILES string of the molecule is Cc1ccn2cc(-c3c(C)c(C)cc(C)c3C)nc2c1. The van der Waals surface area contributed by atoms with Crippen molar-refractivity contribution in [3.8, 4) is 11.3 Å². The van der Waals surface area contributed by atoms with Crippen molar-refractivity contribution in [3.05, 3.63) is 58.4 Å². The first-order chi connectivity index (χ1) is 9.47. The van der Waals surface area contributed by atoms with Crippen molar-refractivity contribution < 1.29 is 0 Å². The van der Waals surface area contributed by atoms with Crippen LogP contribution in [0.25, 0.3) is 16.9 Å². The molecule has 0 aliphatic heterocycles. The quantitative estimate of drug-likeness (QED) is 0.630. The number of hydrogen-bond donors (Lipinski definition) is 0. The zero-order valence-electron chi connectivity index (χ0n) is 12.8. The van der Waals surface area contributed by atoms with Crippen LogP contribution in [0.3, 0.4) is 0 Å². The fourth-order valence-corrected chi connectivity index (χ4v) is 2.81. The van der Waals surface area contributed by atoms with Crippen molar-refractivity contribution in [2.45, 2.75) is 34.6 Å². The molecule has 0 unspecified atom stereocenters. The first-order valence-corrected chi connectivity index (χ1v) is 7.00. The van der Waals surface area contributed by atoms with Gasteiger partial charge in [-0.25, -0.2) is 4.98 Å². The van der Waals surface area contributed by atoms with Crippen molar-refractivity contribution in [1.29, 1.82) is 0 Å². The molecule has 0 aliphatic carbocycles. The molecule has 102 valence electrons. The number of hydrogen-bond acceptors (Lipinski definition) is 1. The van der Waals surface area contributed by atoms with Crippen LogP contribution in [0.15, 0.2) is 30.6 Å². The molecule has 3 aromatic rings. The number of pyridine rings is 1. The lowest BCUT2D eigenvalue weighted by Gasteiger charge is -2.13. The molecule has 0 saturated heterocycles. The summed E-state index contributed by atoms with van der Waals surface area (Å²) in [4.78, 5) is 4.81. The Kier molecular flexibility index (Phi) is 2.89. The van der Waals surface area contributed by atoms with E-state index in [1.807, 2.05) is 0 Å². The molecule has 0 amide bonds. The molecule has 0 spiro atoms. The summed E-state index contributed by atoms with van der Waals surface area (Å²) in [6.45, 7) is 10.8. The van der Waals surface area contributed by atoms with Gasteiger partial charge in [-0.15, -0.1) is 0 Å². The summed E-state index contributed by atoms with van der Waals surface area (Å²) in [5, 5.41) is 0. The van der Waals surface area contributed by atoms with E-state index < -0.39 is 0 Å². The van der Waals surface area contributed by atoms with Gasteiger partial charge in [-0.2, -0.15) is 0 Å². The maximum Gasteiger partial charge on any atom is 0.137 e. The number of rotatable bonds is 1. The van der Waals surface area contributed by atoms with Gasteiger partial charge in [0.2, 0.25) is 0 Å². The van der Waals surface area contributed by atoms with Crippen LogP contribution in [0.1, 0.15) is 27.8 Å². The van der Waals surface area contributed by atoms with Gasteiger partial charge < -0.3 is 4.40 Å². The van der Waals surface area contributed by atoms with E-state index >= 15 is 0 Å². The highest BCUT2D eigenvalue weighted by Crippen LogP contribution is 2.31. The number of imidazole rings is 1. The molecule has 0 radical (unpaired) electrons. The summed E-state index contributed by atoms with van der Waals surface area (Å²) in [7, 11) is 0. The second-order valence-electron chi connectivity index (χ2n) is 5.73. The summed E-state index contributed by atoms with van der Waals surface area (Å²) in [5.74, 6) is 0. The minimum Gasteiger partial charge on any atom is -0.306 e. The molecule has 0 N–H and O–H groups in total. The first kappa shape index (κ1) is 12.9. The lowest BCUT2D eigenvalue weighted by atomic mass is 9.93. The summed E-state index contributed by atoms with van der Waals surface area (Å²) in [6, 6.07) is 6.49. The lowest BCUT2D eigenvalue weighted by Crippen LogP contribution is -1.95. The zero-order valence-corrected chi connectivity index (χ0v) is 12.8. The van der Waals surface area contributed by atoms with Gasteiger partial charge in [0.25, 0.3) is 0 Å². The van der Waals surface area contributed by atoms with E-state index in [0.717, 1.165) is 11.3 Å².